The number of nitrogens with one attached hydrogen (secondary N) is 2. The summed E-state index contributed by atoms with van der Waals surface area (Å²) in [4.78, 5) is 4.73. The fourth-order valence-electron chi connectivity index (χ4n) is 3.20. The Morgan fingerprint density at radius 1 is 1.24 bits per heavy atom. The minimum atomic E-state index is -0.122. The highest BCUT2D eigenvalue weighted by atomic mass is 16.5. The van der Waals surface area contributed by atoms with Gasteiger partial charge in [0.15, 0.2) is 5.96 Å². The topological polar surface area (TPSA) is 65.9 Å². The number of ether oxygens (including phenoxy) is 1. The summed E-state index contributed by atoms with van der Waals surface area (Å²) in [5.74, 6) is 2.25. The number of methoxy groups -OCH3 is 1. The van der Waals surface area contributed by atoms with E-state index >= 15 is 0 Å². The zero-order valence-corrected chi connectivity index (χ0v) is 15.8. The van der Waals surface area contributed by atoms with Crippen molar-refractivity contribution in [3.8, 4) is 5.75 Å². The highest BCUT2D eigenvalue weighted by molar-refractivity contribution is 5.80. The summed E-state index contributed by atoms with van der Waals surface area (Å²) >= 11 is 0. The number of hydrogen-bond donors (Lipinski definition) is 3. The first-order valence-electron chi connectivity index (χ1n) is 9.49. The third kappa shape index (κ3) is 6.58. The molecule has 1 atom stereocenters. The van der Waals surface area contributed by atoms with Crippen LogP contribution in [0.2, 0.25) is 0 Å². The normalized spacial score (nSPS) is 22.3. The van der Waals surface area contributed by atoms with Gasteiger partial charge in [-0.25, -0.2) is 0 Å². The maximum atomic E-state index is 9.63. The molecular formula is C20H33N3O2. The Hall–Kier alpha value is -1.75. The van der Waals surface area contributed by atoms with Crippen LogP contribution in [0.15, 0.2) is 29.3 Å². The van der Waals surface area contributed by atoms with Crippen LogP contribution in [0.3, 0.4) is 0 Å². The van der Waals surface area contributed by atoms with Crippen molar-refractivity contribution in [2.24, 2.45) is 4.99 Å². The summed E-state index contributed by atoms with van der Waals surface area (Å²) in [7, 11) is 1.69. The Labute approximate surface area is 151 Å². The molecule has 0 bridgehead atoms. The van der Waals surface area contributed by atoms with E-state index in [1.54, 1.807) is 7.11 Å². The Morgan fingerprint density at radius 2 is 1.92 bits per heavy atom. The molecule has 5 nitrogen and oxygen atoms in total. The lowest BCUT2D eigenvalue weighted by atomic mass is 9.93. The Morgan fingerprint density at radius 3 is 2.52 bits per heavy atom. The predicted molar refractivity (Wildman–Crippen MR) is 103 cm³/mol. The molecule has 2 rings (SSSR count). The average Bonchev–Trinajstić information content (AvgIpc) is 2.63. The second kappa shape index (κ2) is 10.3. The van der Waals surface area contributed by atoms with Crippen LogP contribution in [0.5, 0.6) is 5.75 Å². The van der Waals surface area contributed by atoms with E-state index in [1.807, 2.05) is 12.1 Å². The molecule has 1 unspecified atom stereocenters. The summed E-state index contributed by atoms with van der Waals surface area (Å²) in [6.07, 6.45) is 4.66. The zero-order chi connectivity index (χ0) is 18.1. The molecule has 5 heteroatoms. The van der Waals surface area contributed by atoms with Gasteiger partial charge in [-0.15, -0.1) is 0 Å². The first-order valence-corrected chi connectivity index (χ1v) is 9.49. The molecule has 1 saturated carbocycles. The maximum absolute atomic E-state index is 9.63. The average molecular weight is 348 g/mol. The number of guanidine groups is 1. The molecule has 1 aliphatic rings. The van der Waals surface area contributed by atoms with Gasteiger partial charge in [0, 0.05) is 19.1 Å². The van der Waals surface area contributed by atoms with Crippen LogP contribution in [0.4, 0.5) is 0 Å². The molecule has 140 valence electrons. The van der Waals surface area contributed by atoms with Crippen LogP contribution >= 0.6 is 0 Å². The van der Waals surface area contributed by atoms with Gasteiger partial charge in [-0.3, -0.25) is 4.99 Å². The molecule has 0 aliphatic heterocycles. The van der Waals surface area contributed by atoms with E-state index < -0.39 is 0 Å². The number of nitrogens with zero attached hydrogens (tertiary/aromatic N) is 1. The molecular weight excluding hydrogens is 314 g/mol. The van der Waals surface area contributed by atoms with Gasteiger partial charge in [-0.05, 0) is 62.6 Å². The number of benzene rings is 1. The highest BCUT2D eigenvalue weighted by Crippen LogP contribution is 2.22. The quantitative estimate of drug-likeness (QED) is 0.524. The number of aliphatic hydroxyl groups is 1. The van der Waals surface area contributed by atoms with Crippen LogP contribution in [-0.2, 0) is 0 Å². The van der Waals surface area contributed by atoms with Gasteiger partial charge in [0.25, 0.3) is 0 Å². The fraction of sp³-hybridized carbons (Fsp3) is 0.650. The molecule has 0 radical (unpaired) electrons. The van der Waals surface area contributed by atoms with E-state index in [0.717, 1.165) is 56.9 Å². The molecule has 3 N–H and O–H groups in total. The van der Waals surface area contributed by atoms with Gasteiger partial charge in [0.2, 0.25) is 0 Å². The maximum Gasteiger partial charge on any atom is 0.191 e. The molecule has 0 heterocycles. The molecule has 25 heavy (non-hydrogen) atoms. The van der Waals surface area contributed by atoms with Crippen molar-refractivity contribution in [3.63, 3.8) is 0 Å². The van der Waals surface area contributed by atoms with Crippen LogP contribution in [0.25, 0.3) is 0 Å². The molecule has 0 spiro atoms. The van der Waals surface area contributed by atoms with E-state index in [-0.39, 0.29) is 6.10 Å². The van der Waals surface area contributed by atoms with E-state index in [9.17, 15) is 5.11 Å². The summed E-state index contributed by atoms with van der Waals surface area (Å²) in [5.41, 5.74) is 1.32. The van der Waals surface area contributed by atoms with Crippen molar-refractivity contribution in [3.05, 3.63) is 29.8 Å². The van der Waals surface area contributed by atoms with Crippen molar-refractivity contribution >= 4 is 5.96 Å². The smallest absolute Gasteiger partial charge is 0.191 e. The molecule has 1 aromatic rings. The lowest BCUT2D eigenvalue weighted by Crippen LogP contribution is -2.45. The van der Waals surface area contributed by atoms with Gasteiger partial charge in [0.05, 0.1) is 13.2 Å². The lowest BCUT2D eigenvalue weighted by Gasteiger charge is -2.27. The summed E-state index contributed by atoms with van der Waals surface area (Å²) in [6, 6.07) is 8.70. The van der Waals surface area contributed by atoms with E-state index in [0.29, 0.717) is 12.0 Å². The number of hydrogen-bond acceptors (Lipinski definition) is 3. The second-order valence-electron chi connectivity index (χ2n) is 6.87. The summed E-state index contributed by atoms with van der Waals surface area (Å²) in [6.45, 7) is 5.97. The molecule has 1 aromatic carbocycles. The van der Waals surface area contributed by atoms with Crippen LogP contribution in [0, 0.1) is 0 Å². The minimum absolute atomic E-state index is 0.122. The van der Waals surface area contributed by atoms with Gasteiger partial charge in [-0.2, -0.15) is 0 Å². The number of rotatable bonds is 7. The van der Waals surface area contributed by atoms with Crippen molar-refractivity contribution in [1.82, 2.24) is 10.6 Å². The monoisotopic (exact) mass is 347 g/mol. The Balaban J connectivity index is 1.82. The summed E-state index contributed by atoms with van der Waals surface area (Å²) in [5, 5.41) is 16.5. The molecule has 0 amide bonds. The second-order valence-corrected chi connectivity index (χ2v) is 6.87. The van der Waals surface area contributed by atoms with Crippen LogP contribution in [-0.4, -0.2) is 43.4 Å². The first-order chi connectivity index (χ1) is 12.1. The number of aliphatic imine (C=N–C) groups is 1. The third-order valence-corrected chi connectivity index (χ3v) is 4.90. The van der Waals surface area contributed by atoms with E-state index in [2.05, 4.69) is 36.6 Å². The fourth-order valence-corrected chi connectivity index (χ4v) is 3.20. The van der Waals surface area contributed by atoms with E-state index in [1.165, 1.54) is 5.56 Å². The SMILES string of the molecule is CCNC(=NCCC(C)c1ccc(OC)cc1)NC1CCC(O)CC1. The molecule has 1 fully saturated rings. The largest absolute Gasteiger partial charge is 0.497 e. The first kappa shape index (κ1) is 19.6. The van der Waals surface area contributed by atoms with E-state index in [4.69, 9.17) is 9.73 Å². The minimum Gasteiger partial charge on any atom is -0.497 e. The Bertz CT molecular complexity index is 522. The number of aliphatic hydroxyl groups excluding tert-OH is 1. The van der Waals surface area contributed by atoms with Crippen molar-refractivity contribution < 1.29 is 9.84 Å². The van der Waals surface area contributed by atoms with Gasteiger partial charge in [-0.1, -0.05) is 19.1 Å². The molecule has 0 saturated heterocycles. The van der Waals surface area contributed by atoms with Gasteiger partial charge in [0.1, 0.15) is 5.75 Å². The Kier molecular flexibility index (Phi) is 8.06. The van der Waals surface area contributed by atoms with Crippen LogP contribution < -0.4 is 15.4 Å². The van der Waals surface area contributed by atoms with Crippen LogP contribution in [0.1, 0.15) is 57.4 Å². The highest BCUT2D eigenvalue weighted by Gasteiger charge is 2.19. The zero-order valence-electron chi connectivity index (χ0n) is 15.8. The standard InChI is InChI=1S/C20H33N3O2/c1-4-21-20(23-17-7-9-18(24)10-8-17)22-14-13-15(2)16-5-11-19(25-3)12-6-16/h5-6,11-12,15,17-18,24H,4,7-10,13-14H2,1-3H3,(H2,21,22,23). The lowest BCUT2D eigenvalue weighted by molar-refractivity contribution is 0.120. The van der Waals surface area contributed by atoms with Gasteiger partial charge < -0.3 is 20.5 Å². The predicted octanol–water partition coefficient (Wildman–Crippen LogP) is 3.05. The van der Waals surface area contributed by atoms with Crippen molar-refractivity contribution in [1.29, 1.82) is 0 Å². The molecule has 0 aromatic heterocycles. The summed E-state index contributed by atoms with van der Waals surface area (Å²) < 4.78 is 5.21. The third-order valence-electron chi connectivity index (χ3n) is 4.90. The van der Waals surface area contributed by atoms with Crippen molar-refractivity contribution in [2.75, 3.05) is 20.2 Å². The van der Waals surface area contributed by atoms with Gasteiger partial charge >= 0.3 is 0 Å². The molecule has 1 aliphatic carbocycles. The van der Waals surface area contributed by atoms with Crippen molar-refractivity contribution in [2.45, 2.75) is 64.0 Å².